The molecule has 4 heteroatoms. The van der Waals surface area contributed by atoms with Crippen LogP contribution in [0.1, 0.15) is 19.4 Å². The van der Waals surface area contributed by atoms with Crippen molar-refractivity contribution in [1.82, 2.24) is 4.90 Å². The van der Waals surface area contributed by atoms with Crippen LogP contribution in [0.15, 0.2) is 18.2 Å². The summed E-state index contributed by atoms with van der Waals surface area (Å²) in [4.78, 5) is 2.11. The molecule has 0 bridgehead atoms. The van der Waals surface area contributed by atoms with Gasteiger partial charge in [0.1, 0.15) is 11.6 Å². The number of rotatable bonds is 6. The molecule has 17 heavy (non-hydrogen) atoms. The molecule has 0 unspecified atom stereocenters. The summed E-state index contributed by atoms with van der Waals surface area (Å²) in [6.45, 7) is 6.89. The molecule has 1 aromatic rings. The minimum atomic E-state index is -0.530. The van der Waals surface area contributed by atoms with Gasteiger partial charge in [0.05, 0.1) is 0 Å². The number of nitrogens with zero attached hydrogens (tertiary/aromatic N) is 1. The maximum Gasteiger partial charge on any atom is 0.126 e. The average molecular weight is 242 g/mol. The predicted molar refractivity (Wildman–Crippen MR) is 65.5 cm³/mol. The van der Waals surface area contributed by atoms with Gasteiger partial charge in [0, 0.05) is 32.2 Å². The zero-order valence-electron chi connectivity index (χ0n) is 10.4. The van der Waals surface area contributed by atoms with Crippen LogP contribution in [-0.4, -0.2) is 24.5 Å². The summed E-state index contributed by atoms with van der Waals surface area (Å²) in [6.07, 6.45) is 0. The average Bonchev–Trinajstić information content (AvgIpc) is 2.14. The van der Waals surface area contributed by atoms with Gasteiger partial charge in [0.15, 0.2) is 0 Å². The lowest BCUT2D eigenvalue weighted by Gasteiger charge is -2.23. The Labute approximate surface area is 101 Å². The van der Waals surface area contributed by atoms with Crippen molar-refractivity contribution in [1.29, 1.82) is 0 Å². The maximum atomic E-state index is 13.0. The molecule has 1 rings (SSSR count). The third-order valence-electron chi connectivity index (χ3n) is 2.40. The highest BCUT2D eigenvalue weighted by atomic mass is 19.1. The van der Waals surface area contributed by atoms with Crippen LogP contribution in [0.2, 0.25) is 0 Å². The van der Waals surface area contributed by atoms with Crippen molar-refractivity contribution in [2.24, 2.45) is 11.7 Å². The van der Waals surface area contributed by atoms with Gasteiger partial charge in [-0.3, -0.25) is 4.90 Å². The lowest BCUT2D eigenvalue weighted by atomic mass is 10.1. The third kappa shape index (κ3) is 5.24. The normalized spacial score (nSPS) is 11.5. The fourth-order valence-electron chi connectivity index (χ4n) is 1.89. The van der Waals surface area contributed by atoms with Gasteiger partial charge in [-0.05, 0) is 23.6 Å². The Balaban J connectivity index is 2.70. The number of benzene rings is 1. The van der Waals surface area contributed by atoms with E-state index in [1.807, 2.05) is 0 Å². The Hall–Kier alpha value is -1.00. The van der Waals surface area contributed by atoms with Gasteiger partial charge < -0.3 is 5.73 Å². The minimum absolute atomic E-state index is 0.500. The number of hydrogen-bond donors (Lipinski definition) is 1. The van der Waals surface area contributed by atoms with Gasteiger partial charge in [0.2, 0.25) is 0 Å². The van der Waals surface area contributed by atoms with Gasteiger partial charge in [-0.15, -0.1) is 0 Å². The topological polar surface area (TPSA) is 29.3 Å². The van der Waals surface area contributed by atoms with E-state index in [0.29, 0.717) is 24.6 Å². The smallest absolute Gasteiger partial charge is 0.126 e. The fraction of sp³-hybridized carbons (Fsp3) is 0.538. The number of nitrogens with two attached hydrogens (primary N) is 1. The second-order valence-corrected chi connectivity index (χ2v) is 4.70. The zero-order valence-corrected chi connectivity index (χ0v) is 10.4. The monoisotopic (exact) mass is 242 g/mol. The molecular formula is C13H20F2N2. The van der Waals surface area contributed by atoms with E-state index < -0.39 is 11.6 Å². The molecule has 0 amide bonds. The second kappa shape index (κ2) is 6.67. The molecule has 0 spiro atoms. The summed E-state index contributed by atoms with van der Waals surface area (Å²) >= 11 is 0. The highest BCUT2D eigenvalue weighted by Gasteiger charge is 2.09. The van der Waals surface area contributed by atoms with Crippen molar-refractivity contribution in [3.8, 4) is 0 Å². The van der Waals surface area contributed by atoms with Crippen LogP contribution in [0.5, 0.6) is 0 Å². The predicted octanol–water partition coefficient (Wildman–Crippen LogP) is 2.38. The number of halogens is 2. The van der Waals surface area contributed by atoms with E-state index in [1.165, 1.54) is 12.1 Å². The first-order valence-electron chi connectivity index (χ1n) is 5.88. The Morgan fingerprint density at radius 2 is 1.76 bits per heavy atom. The molecule has 1 aromatic carbocycles. The SMILES string of the molecule is CC(C)CN(CCN)Cc1cc(F)cc(F)c1. The van der Waals surface area contributed by atoms with Crippen molar-refractivity contribution in [3.63, 3.8) is 0 Å². The van der Waals surface area contributed by atoms with Crippen molar-refractivity contribution in [2.75, 3.05) is 19.6 Å². The van der Waals surface area contributed by atoms with Crippen molar-refractivity contribution < 1.29 is 8.78 Å². The first-order valence-corrected chi connectivity index (χ1v) is 5.88. The molecule has 0 heterocycles. The van der Waals surface area contributed by atoms with Gasteiger partial charge >= 0.3 is 0 Å². The molecule has 0 fully saturated rings. The lowest BCUT2D eigenvalue weighted by molar-refractivity contribution is 0.242. The van der Waals surface area contributed by atoms with E-state index >= 15 is 0 Å². The molecule has 0 saturated carbocycles. The first kappa shape index (κ1) is 14.1. The van der Waals surface area contributed by atoms with Crippen molar-refractivity contribution in [2.45, 2.75) is 20.4 Å². The Bertz CT molecular complexity index is 333. The summed E-state index contributed by atoms with van der Waals surface area (Å²) < 4.78 is 26.1. The van der Waals surface area contributed by atoms with Crippen LogP contribution < -0.4 is 5.73 Å². The molecule has 0 aliphatic rings. The van der Waals surface area contributed by atoms with E-state index in [1.54, 1.807) is 0 Å². The fourth-order valence-corrected chi connectivity index (χ4v) is 1.89. The van der Waals surface area contributed by atoms with E-state index in [9.17, 15) is 8.78 Å². The standard InChI is InChI=1S/C13H20F2N2/c1-10(2)8-17(4-3-16)9-11-5-12(14)7-13(15)6-11/h5-7,10H,3-4,8-9,16H2,1-2H3. The zero-order chi connectivity index (χ0) is 12.8. The molecule has 0 aliphatic heterocycles. The minimum Gasteiger partial charge on any atom is -0.329 e. The molecule has 0 radical (unpaired) electrons. The highest BCUT2D eigenvalue weighted by Crippen LogP contribution is 2.11. The number of hydrogen-bond acceptors (Lipinski definition) is 2. The molecule has 2 nitrogen and oxygen atoms in total. The Morgan fingerprint density at radius 3 is 2.24 bits per heavy atom. The molecule has 0 aliphatic carbocycles. The quantitative estimate of drug-likeness (QED) is 0.830. The van der Waals surface area contributed by atoms with Crippen LogP contribution in [0.25, 0.3) is 0 Å². The summed E-state index contributed by atoms with van der Waals surface area (Å²) in [6, 6.07) is 3.62. The van der Waals surface area contributed by atoms with Crippen LogP contribution in [0, 0.1) is 17.6 Å². The van der Waals surface area contributed by atoms with Gasteiger partial charge in [0.25, 0.3) is 0 Å². The highest BCUT2D eigenvalue weighted by molar-refractivity contribution is 5.17. The van der Waals surface area contributed by atoms with Gasteiger partial charge in [-0.25, -0.2) is 8.78 Å². The first-order chi connectivity index (χ1) is 8.01. The van der Waals surface area contributed by atoms with E-state index in [-0.39, 0.29) is 0 Å². The Morgan fingerprint density at radius 1 is 1.18 bits per heavy atom. The van der Waals surface area contributed by atoms with Crippen molar-refractivity contribution in [3.05, 3.63) is 35.4 Å². The van der Waals surface area contributed by atoms with Crippen LogP contribution in [0.3, 0.4) is 0 Å². The van der Waals surface area contributed by atoms with Crippen LogP contribution in [-0.2, 0) is 6.54 Å². The molecule has 2 N–H and O–H groups in total. The summed E-state index contributed by atoms with van der Waals surface area (Å²) in [5, 5.41) is 0. The molecule has 0 saturated heterocycles. The molecular weight excluding hydrogens is 222 g/mol. The summed E-state index contributed by atoms with van der Waals surface area (Å²) in [5.74, 6) is -0.561. The summed E-state index contributed by atoms with van der Waals surface area (Å²) in [5.41, 5.74) is 6.18. The molecule has 96 valence electrons. The maximum absolute atomic E-state index is 13.0. The van der Waals surface area contributed by atoms with E-state index in [2.05, 4.69) is 18.7 Å². The third-order valence-corrected chi connectivity index (χ3v) is 2.40. The largest absolute Gasteiger partial charge is 0.329 e. The van der Waals surface area contributed by atoms with Gasteiger partial charge in [-0.1, -0.05) is 13.8 Å². The lowest BCUT2D eigenvalue weighted by Crippen LogP contribution is -2.32. The molecule has 0 atom stereocenters. The van der Waals surface area contributed by atoms with Gasteiger partial charge in [-0.2, -0.15) is 0 Å². The van der Waals surface area contributed by atoms with Crippen molar-refractivity contribution >= 4 is 0 Å². The van der Waals surface area contributed by atoms with E-state index in [4.69, 9.17) is 5.73 Å². The van der Waals surface area contributed by atoms with Crippen LogP contribution in [0.4, 0.5) is 8.78 Å². The Kier molecular flexibility index (Phi) is 5.51. The second-order valence-electron chi connectivity index (χ2n) is 4.70. The summed E-state index contributed by atoms with van der Waals surface area (Å²) in [7, 11) is 0. The van der Waals surface area contributed by atoms with E-state index in [0.717, 1.165) is 19.2 Å². The van der Waals surface area contributed by atoms with Crippen LogP contribution >= 0.6 is 0 Å². The molecule has 0 aromatic heterocycles.